The van der Waals surface area contributed by atoms with Crippen molar-refractivity contribution >= 4 is 17.5 Å². The number of hydrogen-bond acceptors (Lipinski definition) is 4. The molecule has 0 saturated carbocycles. The van der Waals surface area contributed by atoms with Crippen LogP contribution in [0.15, 0.2) is 42.5 Å². The molecule has 138 valence electrons. The van der Waals surface area contributed by atoms with Gasteiger partial charge in [0.2, 0.25) is 5.91 Å². The molecule has 2 amide bonds. The predicted octanol–water partition coefficient (Wildman–Crippen LogP) is 3.62. The van der Waals surface area contributed by atoms with E-state index < -0.39 is 5.91 Å². The van der Waals surface area contributed by atoms with Crippen LogP contribution in [0.25, 0.3) is 0 Å². The van der Waals surface area contributed by atoms with Gasteiger partial charge in [0.1, 0.15) is 0 Å². The molecule has 0 atom stereocenters. The summed E-state index contributed by atoms with van der Waals surface area (Å²) in [6.45, 7) is 5.05. The Balaban J connectivity index is 2.12. The lowest BCUT2D eigenvalue weighted by Gasteiger charge is -2.13. The van der Waals surface area contributed by atoms with Crippen molar-refractivity contribution in [1.82, 2.24) is 0 Å². The van der Waals surface area contributed by atoms with Crippen LogP contribution in [-0.4, -0.2) is 25.0 Å². The van der Waals surface area contributed by atoms with Crippen molar-refractivity contribution < 1.29 is 19.1 Å². The van der Waals surface area contributed by atoms with Crippen molar-refractivity contribution in [3.8, 4) is 11.5 Å². The Kier molecular flexibility index (Phi) is 7.02. The maximum absolute atomic E-state index is 12.5. The van der Waals surface area contributed by atoms with Gasteiger partial charge in [-0.25, -0.2) is 0 Å². The highest BCUT2D eigenvalue weighted by Gasteiger charge is 2.12. The lowest BCUT2D eigenvalue weighted by Crippen LogP contribution is -2.13. The Hall–Kier alpha value is -3.02. The summed E-state index contributed by atoms with van der Waals surface area (Å²) in [6.07, 6.45) is 1.99. The fraction of sp³-hybridized carbons (Fsp3) is 0.300. The van der Waals surface area contributed by atoms with Crippen LogP contribution in [0.1, 0.15) is 47.4 Å². The second kappa shape index (κ2) is 9.46. The number of anilines is 1. The van der Waals surface area contributed by atoms with Gasteiger partial charge in [-0.15, -0.1) is 0 Å². The SMILES string of the molecule is CCCCOc1ccc(C(=O)Nc2ccc(C(N)=O)cc2)cc1OCC. The number of hydrogen-bond donors (Lipinski definition) is 2. The number of benzene rings is 2. The van der Waals surface area contributed by atoms with Crippen LogP contribution in [0.4, 0.5) is 5.69 Å². The molecule has 0 spiro atoms. The largest absolute Gasteiger partial charge is 0.490 e. The van der Waals surface area contributed by atoms with Crippen LogP contribution in [0.3, 0.4) is 0 Å². The number of carbonyl (C=O) groups is 2. The summed E-state index contributed by atoms with van der Waals surface area (Å²) in [5.41, 5.74) is 6.62. The average molecular weight is 356 g/mol. The molecule has 6 nitrogen and oxygen atoms in total. The Morgan fingerprint density at radius 3 is 2.27 bits per heavy atom. The van der Waals surface area contributed by atoms with Gasteiger partial charge < -0.3 is 20.5 Å². The van der Waals surface area contributed by atoms with E-state index in [-0.39, 0.29) is 5.91 Å². The highest BCUT2D eigenvalue weighted by Crippen LogP contribution is 2.29. The number of amides is 2. The van der Waals surface area contributed by atoms with Gasteiger partial charge >= 0.3 is 0 Å². The Labute approximate surface area is 153 Å². The minimum atomic E-state index is -0.511. The summed E-state index contributed by atoms with van der Waals surface area (Å²) < 4.78 is 11.3. The highest BCUT2D eigenvalue weighted by molar-refractivity contribution is 6.05. The smallest absolute Gasteiger partial charge is 0.255 e. The van der Waals surface area contributed by atoms with E-state index in [1.165, 1.54) is 0 Å². The molecule has 6 heteroatoms. The van der Waals surface area contributed by atoms with E-state index >= 15 is 0 Å². The molecule has 0 heterocycles. The van der Waals surface area contributed by atoms with Gasteiger partial charge in [0.05, 0.1) is 13.2 Å². The van der Waals surface area contributed by atoms with Crippen molar-refractivity contribution in [1.29, 1.82) is 0 Å². The minimum absolute atomic E-state index is 0.280. The monoisotopic (exact) mass is 356 g/mol. The lowest BCUT2D eigenvalue weighted by atomic mass is 10.1. The third kappa shape index (κ3) is 5.24. The molecule has 0 aliphatic carbocycles. The summed E-state index contributed by atoms with van der Waals surface area (Å²) in [5.74, 6) is 0.378. The van der Waals surface area contributed by atoms with Crippen LogP contribution >= 0.6 is 0 Å². The van der Waals surface area contributed by atoms with Crippen LogP contribution in [0.5, 0.6) is 11.5 Å². The number of ether oxygens (including phenoxy) is 2. The predicted molar refractivity (Wildman–Crippen MR) is 101 cm³/mol. The molecule has 0 aromatic heterocycles. The fourth-order valence-electron chi connectivity index (χ4n) is 2.28. The van der Waals surface area contributed by atoms with E-state index in [0.29, 0.717) is 41.5 Å². The third-order valence-corrected chi connectivity index (χ3v) is 3.69. The van der Waals surface area contributed by atoms with Gasteiger partial charge in [-0.2, -0.15) is 0 Å². The second-order valence-corrected chi connectivity index (χ2v) is 5.69. The van der Waals surface area contributed by atoms with Crippen molar-refractivity contribution in [3.63, 3.8) is 0 Å². The zero-order chi connectivity index (χ0) is 18.9. The van der Waals surface area contributed by atoms with Gasteiger partial charge in [0.15, 0.2) is 11.5 Å². The third-order valence-electron chi connectivity index (χ3n) is 3.69. The summed E-state index contributed by atoms with van der Waals surface area (Å²) >= 11 is 0. The molecule has 0 aliphatic heterocycles. The van der Waals surface area contributed by atoms with Crippen molar-refractivity contribution in [2.45, 2.75) is 26.7 Å². The normalized spacial score (nSPS) is 10.2. The number of primary amides is 1. The molecule has 0 saturated heterocycles. The van der Waals surface area contributed by atoms with E-state index in [1.807, 2.05) is 6.92 Å². The van der Waals surface area contributed by atoms with Crippen LogP contribution in [-0.2, 0) is 0 Å². The molecule has 2 rings (SSSR count). The van der Waals surface area contributed by atoms with E-state index in [9.17, 15) is 9.59 Å². The summed E-state index contributed by atoms with van der Waals surface area (Å²) in [5, 5.41) is 2.78. The fourth-order valence-corrected chi connectivity index (χ4v) is 2.28. The summed E-state index contributed by atoms with van der Waals surface area (Å²) in [4.78, 5) is 23.6. The van der Waals surface area contributed by atoms with Gasteiger partial charge in [-0.3, -0.25) is 9.59 Å². The number of nitrogens with two attached hydrogens (primary N) is 1. The van der Waals surface area contributed by atoms with Gasteiger partial charge in [-0.05, 0) is 55.8 Å². The quantitative estimate of drug-likeness (QED) is 0.672. The molecule has 2 aromatic rings. The molecule has 0 radical (unpaired) electrons. The first-order chi connectivity index (χ1) is 12.5. The first kappa shape index (κ1) is 19.3. The van der Waals surface area contributed by atoms with Gasteiger partial charge in [-0.1, -0.05) is 13.3 Å². The zero-order valence-electron chi connectivity index (χ0n) is 15.1. The van der Waals surface area contributed by atoms with Gasteiger partial charge in [0.25, 0.3) is 5.91 Å². The summed E-state index contributed by atoms with van der Waals surface area (Å²) in [6, 6.07) is 11.5. The number of unbranched alkanes of at least 4 members (excludes halogenated alkanes) is 1. The van der Waals surface area contributed by atoms with Crippen molar-refractivity contribution in [3.05, 3.63) is 53.6 Å². The maximum atomic E-state index is 12.5. The van der Waals surface area contributed by atoms with E-state index in [1.54, 1.807) is 42.5 Å². The topological polar surface area (TPSA) is 90.6 Å². The first-order valence-corrected chi connectivity index (χ1v) is 8.66. The maximum Gasteiger partial charge on any atom is 0.255 e. The van der Waals surface area contributed by atoms with E-state index in [2.05, 4.69) is 12.2 Å². The standard InChI is InChI=1S/C20H24N2O4/c1-3-5-12-26-17-11-8-15(13-18(17)25-4-2)20(24)22-16-9-6-14(7-10-16)19(21)23/h6-11,13H,3-5,12H2,1-2H3,(H2,21,23)(H,22,24). The molecule has 0 fully saturated rings. The van der Waals surface area contributed by atoms with Crippen LogP contribution in [0.2, 0.25) is 0 Å². The molecule has 0 bridgehead atoms. The molecule has 0 unspecified atom stereocenters. The van der Waals surface area contributed by atoms with Crippen molar-refractivity contribution in [2.24, 2.45) is 5.73 Å². The van der Waals surface area contributed by atoms with E-state index in [4.69, 9.17) is 15.2 Å². The van der Waals surface area contributed by atoms with Crippen LogP contribution in [0, 0.1) is 0 Å². The molecule has 2 aromatic carbocycles. The minimum Gasteiger partial charge on any atom is -0.490 e. The van der Waals surface area contributed by atoms with Crippen LogP contribution < -0.4 is 20.5 Å². The van der Waals surface area contributed by atoms with E-state index in [0.717, 1.165) is 12.8 Å². The molecule has 0 aliphatic rings. The molecule has 3 N–H and O–H groups in total. The molecule has 26 heavy (non-hydrogen) atoms. The highest BCUT2D eigenvalue weighted by atomic mass is 16.5. The van der Waals surface area contributed by atoms with Gasteiger partial charge in [0, 0.05) is 16.8 Å². The van der Waals surface area contributed by atoms with Crippen molar-refractivity contribution in [2.75, 3.05) is 18.5 Å². The molecular weight excluding hydrogens is 332 g/mol. The first-order valence-electron chi connectivity index (χ1n) is 8.66. The average Bonchev–Trinajstić information content (AvgIpc) is 2.63. The Bertz CT molecular complexity index is 757. The number of nitrogens with one attached hydrogen (secondary N) is 1. The Morgan fingerprint density at radius 2 is 1.65 bits per heavy atom. The summed E-state index contributed by atoms with van der Waals surface area (Å²) in [7, 11) is 0. The second-order valence-electron chi connectivity index (χ2n) is 5.69. The number of carbonyl (C=O) groups excluding carboxylic acids is 2. The molecular formula is C20H24N2O4. The lowest BCUT2D eigenvalue weighted by molar-refractivity contribution is 0.0998. The number of rotatable bonds is 9. The zero-order valence-corrected chi connectivity index (χ0v) is 15.1. The Morgan fingerprint density at radius 1 is 0.962 bits per heavy atom.